The van der Waals surface area contributed by atoms with Crippen molar-refractivity contribution in [3.8, 4) is 5.88 Å². The van der Waals surface area contributed by atoms with Gasteiger partial charge in [-0.25, -0.2) is 27.6 Å². The van der Waals surface area contributed by atoms with Gasteiger partial charge in [-0.2, -0.15) is 4.98 Å². The molecule has 0 N–H and O–H groups in total. The number of anilines is 1. The van der Waals surface area contributed by atoms with Gasteiger partial charge in [0.05, 0.1) is 19.2 Å². The minimum atomic E-state index is -3.86. The highest BCUT2D eigenvalue weighted by Gasteiger charge is 2.45. The van der Waals surface area contributed by atoms with Crippen molar-refractivity contribution < 1.29 is 27.1 Å². The van der Waals surface area contributed by atoms with Gasteiger partial charge in [0.2, 0.25) is 20.9 Å². The Morgan fingerprint density at radius 2 is 1.76 bits per heavy atom. The smallest absolute Gasteiger partial charge is 0.410 e. The zero-order valence-corrected chi connectivity index (χ0v) is 20.5. The van der Waals surface area contributed by atoms with Crippen LogP contribution in [0.2, 0.25) is 5.15 Å². The molecular formula is C20H25ClFN5O5S. The fourth-order valence-corrected chi connectivity index (χ4v) is 4.98. The van der Waals surface area contributed by atoms with Gasteiger partial charge < -0.3 is 14.4 Å². The highest BCUT2D eigenvalue weighted by Crippen LogP contribution is 2.39. The Bertz CT molecular complexity index is 1220. The Hall–Kier alpha value is -2.47. The molecule has 33 heavy (non-hydrogen) atoms. The van der Waals surface area contributed by atoms with Crippen molar-refractivity contribution in [1.82, 2.24) is 19.9 Å². The zero-order chi connectivity index (χ0) is 24.3. The van der Waals surface area contributed by atoms with E-state index in [0.717, 1.165) is 19.1 Å². The fourth-order valence-electron chi connectivity index (χ4n) is 4.31. The zero-order valence-electron chi connectivity index (χ0n) is 18.9. The van der Waals surface area contributed by atoms with Crippen LogP contribution in [-0.2, 0) is 14.6 Å². The summed E-state index contributed by atoms with van der Waals surface area (Å²) < 4.78 is 50.3. The van der Waals surface area contributed by atoms with Crippen molar-refractivity contribution in [3.63, 3.8) is 0 Å². The Morgan fingerprint density at radius 3 is 2.27 bits per heavy atom. The Morgan fingerprint density at radius 1 is 1.15 bits per heavy atom. The van der Waals surface area contributed by atoms with E-state index < -0.39 is 37.7 Å². The van der Waals surface area contributed by atoms with Gasteiger partial charge in [0, 0.05) is 19.3 Å². The summed E-state index contributed by atoms with van der Waals surface area (Å²) in [6.07, 6.45) is 2.05. The summed E-state index contributed by atoms with van der Waals surface area (Å²) >= 11 is 5.89. The molecule has 2 unspecified atom stereocenters. The quantitative estimate of drug-likeness (QED) is 0.462. The molecule has 0 radical (unpaired) electrons. The molecule has 13 heteroatoms. The van der Waals surface area contributed by atoms with E-state index in [4.69, 9.17) is 21.1 Å². The number of aromatic nitrogens is 3. The number of hydrogen-bond donors (Lipinski definition) is 0. The maximum absolute atomic E-state index is 14.9. The van der Waals surface area contributed by atoms with Crippen molar-refractivity contribution in [3.05, 3.63) is 11.0 Å². The maximum atomic E-state index is 14.9. The molecule has 180 valence electrons. The van der Waals surface area contributed by atoms with Crippen LogP contribution in [-0.4, -0.2) is 78.5 Å². The molecule has 2 aromatic rings. The first-order valence-corrected chi connectivity index (χ1v) is 12.6. The van der Waals surface area contributed by atoms with Crippen LogP contribution in [0.3, 0.4) is 0 Å². The second-order valence-electron chi connectivity index (χ2n) is 9.23. The molecule has 2 saturated heterocycles. The van der Waals surface area contributed by atoms with Crippen molar-refractivity contribution in [2.75, 3.05) is 31.4 Å². The first-order chi connectivity index (χ1) is 15.3. The maximum Gasteiger partial charge on any atom is 0.410 e. The summed E-state index contributed by atoms with van der Waals surface area (Å²) in [7, 11) is -2.52. The average molecular weight is 502 g/mol. The van der Waals surface area contributed by atoms with Crippen LogP contribution in [0.25, 0.3) is 10.9 Å². The summed E-state index contributed by atoms with van der Waals surface area (Å²) in [5.74, 6) is -0.814. The lowest BCUT2D eigenvalue weighted by Gasteiger charge is -2.42. The third kappa shape index (κ3) is 4.37. The number of amides is 1. The number of hydrogen-bond acceptors (Lipinski definition) is 9. The van der Waals surface area contributed by atoms with Gasteiger partial charge in [-0.3, -0.25) is 4.90 Å². The highest BCUT2D eigenvalue weighted by atomic mass is 35.5. The molecule has 2 aliphatic rings. The van der Waals surface area contributed by atoms with Gasteiger partial charge in [-0.15, -0.1) is 0 Å². The summed E-state index contributed by atoms with van der Waals surface area (Å²) in [6, 6.07) is -0.359. The molecular weight excluding hydrogens is 477 g/mol. The Kier molecular flexibility index (Phi) is 5.80. The first kappa shape index (κ1) is 23.7. The molecule has 2 bridgehead atoms. The third-order valence-electron chi connectivity index (χ3n) is 5.58. The fraction of sp³-hybridized carbons (Fsp3) is 0.600. The van der Waals surface area contributed by atoms with Crippen molar-refractivity contribution in [1.29, 1.82) is 0 Å². The molecule has 0 spiro atoms. The largest absolute Gasteiger partial charge is 0.480 e. The lowest BCUT2D eigenvalue weighted by atomic mass is 10.1. The van der Waals surface area contributed by atoms with Gasteiger partial charge in [0.1, 0.15) is 22.3 Å². The molecule has 4 heterocycles. The molecule has 10 nitrogen and oxygen atoms in total. The lowest BCUT2D eigenvalue weighted by Crippen LogP contribution is -2.57. The van der Waals surface area contributed by atoms with E-state index in [-0.39, 0.29) is 34.7 Å². The van der Waals surface area contributed by atoms with Crippen molar-refractivity contribution in [2.45, 2.75) is 56.5 Å². The molecule has 2 fully saturated rings. The molecule has 2 atom stereocenters. The Balaban J connectivity index is 1.81. The predicted molar refractivity (Wildman–Crippen MR) is 119 cm³/mol. The standard InChI is InChI=1S/C20H25ClFN5O5S/c1-20(2,3)32-19(28)27-10-6-7-11(27)9-26(8-10)16-12-14(23-18(25-16)33(5,29)30)13(22)15(21)24-17(12)31-4/h10-11H,6-9H2,1-5H3. The van der Waals surface area contributed by atoms with E-state index >= 15 is 0 Å². The molecule has 1 amide bonds. The van der Waals surface area contributed by atoms with Crippen LogP contribution in [0.4, 0.5) is 15.0 Å². The number of pyridine rings is 1. The minimum absolute atomic E-state index is 0.0200. The number of nitrogens with zero attached hydrogens (tertiary/aromatic N) is 5. The van der Waals surface area contributed by atoms with Crippen molar-refractivity contribution >= 4 is 44.3 Å². The lowest BCUT2D eigenvalue weighted by molar-refractivity contribution is 0.0123. The number of fused-ring (bicyclic) bond motifs is 3. The van der Waals surface area contributed by atoms with E-state index in [2.05, 4.69) is 15.0 Å². The number of methoxy groups -OCH3 is 1. The van der Waals surface area contributed by atoms with Gasteiger partial charge in [0.15, 0.2) is 11.0 Å². The summed E-state index contributed by atoms with van der Waals surface area (Å²) in [5, 5.41) is -0.898. The van der Waals surface area contributed by atoms with Gasteiger partial charge in [-0.05, 0) is 33.6 Å². The third-order valence-corrected chi connectivity index (χ3v) is 6.68. The van der Waals surface area contributed by atoms with Gasteiger partial charge in [-0.1, -0.05) is 11.6 Å². The van der Waals surface area contributed by atoms with Crippen LogP contribution < -0.4 is 9.64 Å². The minimum Gasteiger partial charge on any atom is -0.480 e. The van der Waals surface area contributed by atoms with E-state index in [9.17, 15) is 17.6 Å². The first-order valence-electron chi connectivity index (χ1n) is 10.4. The second kappa shape index (κ2) is 8.08. The highest BCUT2D eigenvalue weighted by molar-refractivity contribution is 7.90. The van der Waals surface area contributed by atoms with Crippen LogP contribution in [0.1, 0.15) is 33.6 Å². The van der Waals surface area contributed by atoms with Crippen LogP contribution in [0, 0.1) is 5.82 Å². The molecule has 4 rings (SSSR count). The predicted octanol–water partition coefficient (Wildman–Crippen LogP) is 2.82. The van der Waals surface area contributed by atoms with Gasteiger partial charge in [0.25, 0.3) is 0 Å². The molecule has 0 saturated carbocycles. The second-order valence-corrected chi connectivity index (χ2v) is 11.5. The normalized spacial score (nSPS) is 20.9. The number of piperazine rings is 1. The van der Waals surface area contributed by atoms with Crippen LogP contribution >= 0.6 is 11.6 Å². The average Bonchev–Trinajstić information content (AvgIpc) is 2.98. The molecule has 0 aliphatic carbocycles. The summed E-state index contributed by atoms with van der Waals surface area (Å²) in [5.41, 5.74) is -0.921. The number of ether oxygens (including phenoxy) is 2. The number of sulfone groups is 1. The topological polar surface area (TPSA) is 115 Å². The molecule has 2 aliphatic heterocycles. The van der Waals surface area contributed by atoms with Crippen molar-refractivity contribution in [2.24, 2.45) is 0 Å². The monoisotopic (exact) mass is 501 g/mol. The molecule has 2 aromatic heterocycles. The van der Waals surface area contributed by atoms with E-state index in [1.165, 1.54) is 7.11 Å². The summed E-state index contributed by atoms with van der Waals surface area (Å²) in [4.78, 5) is 28.4. The number of carbonyl (C=O) groups is 1. The summed E-state index contributed by atoms with van der Waals surface area (Å²) in [6.45, 7) is 6.11. The van der Waals surface area contributed by atoms with Crippen LogP contribution in [0.5, 0.6) is 5.88 Å². The van der Waals surface area contributed by atoms with E-state index in [1.807, 2.05) is 25.7 Å². The number of halogens is 2. The number of carbonyl (C=O) groups excluding carboxylic acids is 1. The molecule has 0 aromatic carbocycles. The van der Waals surface area contributed by atoms with Gasteiger partial charge >= 0.3 is 6.09 Å². The van der Waals surface area contributed by atoms with E-state index in [1.54, 1.807) is 4.90 Å². The van der Waals surface area contributed by atoms with E-state index in [0.29, 0.717) is 13.1 Å². The SMILES string of the molecule is COc1nc(Cl)c(F)c2nc(S(C)(=O)=O)nc(N3CC4CCC(C3)N4C(=O)OC(C)(C)C)c12. The number of rotatable bonds is 3. The Labute approximate surface area is 196 Å². The van der Waals surface area contributed by atoms with Crippen LogP contribution in [0.15, 0.2) is 5.16 Å².